The zero-order chi connectivity index (χ0) is 23.0. The van der Waals surface area contributed by atoms with Crippen LogP contribution in [0, 0.1) is 0 Å². The fourth-order valence-corrected chi connectivity index (χ4v) is 3.06. The van der Waals surface area contributed by atoms with Crippen molar-refractivity contribution in [2.24, 2.45) is 0 Å². The number of aromatic amines is 1. The first kappa shape index (κ1) is 23.8. The summed E-state index contributed by atoms with van der Waals surface area (Å²) < 4.78 is 0. The van der Waals surface area contributed by atoms with Gasteiger partial charge in [0.2, 0.25) is 17.7 Å². The molecular weight excluding hydrogens is 412 g/mol. The molecule has 31 heavy (non-hydrogen) atoms. The third-order valence-electron chi connectivity index (χ3n) is 4.73. The fraction of sp³-hybridized carbons (Fsp3) is 0.556. The highest BCUT2D eigenvalue weighted by Crippen LogP contribution is 2.07. The maximum Gasteiger partial charge on any atom is 0.326 e. The number of imidazole rings is 1. The normalized spacial score (nSPS) is 18.4. The van der Waals surface area contributed by atoms with E-state index in [4.69, 9.17) is 10.2 Å². The lowest BCUT2D eigenvalue weighted by molar-refractivity contribution is -0.147. The SMILES string of the molecule is CC(NC(=O)C(Cc1cnc[nH]1)NC(=O)C1CCCN1)C(=O)NC(CC(=O)O)C(=O)O. The predicted molar refractivity (Wildman–Crippen MR) is 105 cm³/mol. The van der Waals surface area contributed by atoms with Crippen LogP contribution >= 0.6 is 0 Å². The number of nitrogens with one attached hydrogen (secondary N) is 5. The van der Waals surface area contributed by atoms with Crippen LogP contribution in [0.4, 0.5) is 0 Å². The summed E-state index contributed by atoms with van der Waals surface area (Å²) in [4.78, 5) is 66.1. The molecule has 13 nitrogen and oxygen atoms in total. The van der Waals surface area contributed by atoms with Crippen LogP contribution < -0.4 is 21.3 Å². The number of aromatic nitrogens is 2. The van der Waals surface area contributed by atoms with Crippen LogP contribution in [0.5, 0.6) is 0 Å². The first-order valence-electron chi connectivity index (χ1n) is 9.73. The Morgan fingerprint density at radius 3 is 2.42 bits per heavy atom. The molecule has 1 aromatic heterocycles. The number of amides is 3. The summed E-state index contributed by atoms with van der Waals surface area (Å²) in [5.41, 5.74) is 0.587. The van der Waals surface area contributed by atoms with Gasteiger partial charge in [0.15, 0.2) is 0 Å². The lowest BCUT2D eigenvalue weighted by Crippen LogP contribution is -2.57. The van der Waals surface area contributed by atoms with Gasteiger partial charge in [-0.3, -0.25) is 19.2 Å². The third kappa shape index (κ3) is 7.37. The molecule has 0 saturated carbocycles. The largest absolute Gasteiger partial charge is 0.481 e. The average molecular weight is 438 g/mol. The molecular formula is C18H26N6O7. The number of carbonyl (C=O) groups is 5. The Hall–Kier alpha value is -3.48. The number of nitrogens with zero attached hydrogens (tertiary/aromatic N) is 1. The summed E-state index contributed by atoms with van der Waals surface area (Å²) in [6.45, 7) is 2.02. The van der Waals surface area contributed by atoms with Crippen LogP contribution in [0.2, 0.25) is 0 Å². The minimum Gasteiger partial charge on any atom is -0.481 e. The highest BCUT2D eigenvalue weighted by atomic mass is 16.4. The number of H-pyrrole nitrogens is 1. The number of rotatable bonds is 11. The summed E-state index contributed by atoms with van der Waals surface area (Å²) in [6.07, 6.45) is 3.69. The van der Waals surface area contributed by atoms with Gasteiger partial charge in [0, 0.05) is 18.3 Å². The summed E-state index contributed by atoms with van der Waals surface area (Å²) in [6, 6.07) is -4.24. The molecule has 0 bridgehead atoms. The van der Waals surface area contributed by atoms with Crippen molar-refractivity contribution in [3.8, 4) is 0 Å². The maximum absolute atomic E-state index is 12.8. The average Bonchev–Trinajstić information content (AvgIpc) is 3.40. The van der Waals surface area contributed by atoms with Crippen LogP contribution in [-0.4, -0.2) is 80.6 Å². The number of hydrogen-bond donors (Lipinski definition) is 7. The van der Waals surface area contributed by atoms with Crippen molar-refractivity contribution in [1.29, 1.82) is 0 Å². The predicted octanol–water partition coefficient (Wildman–Crippen LogP) is -2.26. The Morgan fingerprint density at radius 1 is 1.13 bits per heavy atom. The number of carboxylic acid groups (broad SMARTS) is 2. The number of aliphatic carboxylic acids is 2. The van der Waals surface area contributed by atoms with Crippen molar-refractivity contribution < 1.29 is 34.2 Å². The monoisotopic (exact) mass is 438 g/mol. The molecule has 1 fully saturated rings. The van der Waals surface area contributed by atoms with Gasteiger partial charge in [-0.2, -0.15) is 0 Å². The van der Waals surface area contributed by atoms with Gasteiger partial charge in [0.1, 0.15) is 18.1 Å². The van der Waals surface area contributed by atoms with Crippen LogP contribution in [0.3, 0.4) is 0 Å². The molecule has 170 valence electrons. The molecule has 0 aromatic carbocycles. The molecule has 0 spiro atoms. The Labute approximate surface area is 177 Å². The van der Waals surface area contributed by atoms with E-state index in [0.29, 0.717) is 18.7 Å². The zero-order valence-electron chi connectivity index (χ0n) is 16.9. The maximum atomic E-state index is 12.8. The minimum atomic E-state index is -1.64. The third-order valence-corrected chi connectivity index (χ3v) is 4.73. The molecule has 2 heterocycles. The molecule has 13 heteroatoms. The van der Waals surface area contributed by atoms with E-state index < -0.39 is 54.3 Å². The van der Waals surface area contributed by atoms with E-state index in [9.17, 15) is 24.0 Å². The molecule has 1 aliphatic heterocycles. The number of carbonyl (C=O) groups excluding carboxylic acids is 3. The second-order valence-electron chi connectivity index (χ2n) is 7.22. The van der Waals surface area contributed by atoms with Gasteiger partial charge in [-0.25, -0.2) is 9.78 Å². The van der Waals surface area contributed by atoms with Crippen molar-refractivity contribution in [1.82, 2.24) is 31.2 Å². The molecule has 1 aromatic rings. The smallest absolute Gasteiger partial charge is 0.326 e. The molecule has 2 rings (SSSR count). The molecule has 4 unspecified atom stereocenters. The van der Waals surface area contributed by atoms with Crippen molar-refractivity contribution in [3.05, 3.63) is 18.2 Å². The van der Waals surface area contributed by atoms with Gasteiger partial charge in [0.05, 0.1) is 18.8 Å². The number of hydrogen-bond acceptors (Lipinski definition) is 7. The van der Waals surface area contributed by atoms with Gasteiger partial charge in [0.25, 0.3) is 0 Å². The van der Waals surface area contributed by atoms with E-state index >= 15 is 0 Å². The van der Waals surface area contributed by atoms with Gasteiger partial charge < -0.3 is 36.5 Å². The van der Waals surface area contributed by atoms with Crippen molar-refractivity contribution >= 4 is 29.7 Å². The van der Waals surface area contributed by atoms with E-state index in [0.717, 1.165) is 6.42 Å². The van der Waals surface area contributed by atoms with Crippen LogP contribution in [-0.2, 0) is 30.4 Å². The first-order valence-corrected chi connectivity index (χ1v) is 9.73. The second kappa shape index (κ2) is 11.1. The van der Waals surface area contributed by atoms with Gasteiger partial charge >= 0.3 is 11.9 Å². The summed E-state index contributed by atoms with van der Waals surface area (Å²) >= 11 is 0. The molecule has 0 aliphatic carbocycles. The molecule has 3 amide bonds. The lowest BCUT2D eigenvalue weighted by Gasteiger charge is -2.23. The standard InChI is InChI=1S/C18H26N6O7/c1-9(15(27)24-13(18(30)31)6-14(25)26)22-17(29)12(5-10-7-19-8-21-10)23-16(28)11-3-2-4-20-11/h7-9,11-13,20H,2-6H2,1H3,(H,19,21)(H,22,29)(H,23,28)(H,24,27)(H,25,26)(H,30,31). The van der Waals surface area contributed by atoms with Crippen LogP contribution in [0.15, 0.2) is 12.5 Å². The Kier molecular flexibility index (Phi) is 8.49. The Balaban J connectivity index is 2.01. The van der Waals surface area contributed by atoms with E-state index in [-0.39, 0.29) is 12.3 Å². The van der Waals surface area contributed by atoms with E-state index in [1.54, 1.807) is 0 Å². The highest BCUT2D eigenvalue weighted by molar-refractivity contribution is 5.94. The Morgan fingerprint density at radius 2 is 1.87 bits per heavy atom. The molecule has 1 saturated heterocycles. The fourth-order valence-electron chi connectivity index (χ4n) is 3.06. The van der Waals surface area contributed by atoms with Gasteiger partial charge in [-0.1, -0.05) is 0 Å². The topological polar surface area (TPSA) is 203 Å². The van der Waals surface area contributed by atoms with Crippen molar-refractivity contribution in [3.63, 3.8) is 0 Å². The molecule has 0 radical (unpaired) electrons. The van der Waals surface area contributed by atoms with E-state index in [1.165, 1.54) is 19.4 Å². The highest BCUT2D eigenvalue weighted by Gasteiger charge is 2.30. The van der Waals surface area contributed by atoms with Gasteiger partial charge in [-0.15, -0.1) is 0 Å². The summed E-state index contributed by atoms with van der Waals surface area (Å²) in [7, 11) is 0. The van der Waals surface area contributed by atoms with E-state index in [2.05, 4.69) is 31.2 Å². The number of carboxylic acids is 2. The molecule has 1 aliphatic rings. The minimum absolute atomic E-state index is 0.0927. The Bertz CT molecular complexity index is 806. The van der Waals surface area contributed by atoms with Gasteiger partial charge in [-0.05, 0) is 26.3 Å². The molecule has 4 atom stereocenters. The van der Waals surface area contributed by atoms with Crippen LogP contribution in [0.25, 0.3) is 0 Å². The quantitative estimate of drug-likeness (QED) is 0.199. The first-order chi connectivity index (χ1) is 14.7. The van der Waals surface area contributed by atoms with E-state index in [1.807, 2.05) is 0 Å². The summed E-state index contributed by atoms with van der Waals surface area (Å²) in [5.74, 6) is -4.78. The molecule has 7 N–H and O–H groups in total. The second-order valence-corrected chi connectivity index (χ2v) is 7.22. The van der Waals surface area contributed by atoms with Crippen LogP contribution in [0.1, 0.15) is 31.9 Å². The lowest BCUT2D eigenvalue weighted by atomic mass is 10.1. The summed E-state index contributed by atoms with van der Waals surface area (Å²) in [5, 5.41) is 28.0. The van der Waals surface area contributed by atoms with Crippen molar-refractivity contribution in [2.75, 3.05) is 6.54 Å². The van der Waals surface area contributed by atoms with Crippen molar-refractivity contribution in [2.45, 2.75) is 56.8 Å². The zero-order valence-corrected chi connectivity index (χ0v) is 16.9.